The first kappa shape index (κ1) is 15.5. The van der Waals surface area contributed by atoms with Crippen LogP contribution in [-0.4, -0.2) is 15.6 Å². The highest BCUT2D eigenvalue weighted by atomic mass is 35.5. The van der Waals surface area contributed by atoms with Gasteiger partial charge in [0, 0.05) is 34.6 Å². The van der Waals surface area contributed by atoms with Crippen LogP contribution in [-0.2, 0) is 0 Å². The summed E-state index contributed by atoms with van der Waals surface area (Å²) < 4.78 is 1.33. The van der Waals surface area contributed by atoms with Crippen LogP contribution in [0.2, 0.25) is 0 Å². The van der Waals surface area contributed by atoms with E-state index in [1.54, 1.807) is 18.3 Å². The molecule has 0 saturated carbocycles. The summed E-state index contributed by atoms with van der Waals surface area (Å²) in [5, 5.41) is 3.82. The van der Waals surface area contributed by atoms with Gasteiger partial charge in [0.25, 0.3) is 0 Å². The van der Waals surface area contributed by atoms with Gasteiger partial charge in [-0.05, 0) is 18.2 Å². The van der Waals surface area contributed by atoms with Crippen molar-refractivity contribution in [2.75, 3.05) is 5.84 Å². The maximum atomic E-state index is 11.2. The quantitative estimate of drug-likeness (QED) is 0.628. The van der Waals surface area contributed by atoms with Crippen LogP contribution < -0.4 is 22.1 Å². The van der Waals surface area contributed by atoms with Gasteiger partial charge in [-0.2, -0.15) is 0 Å². The highest BCUT2D eigenvalue weighted by Crippen LogP contribution is 2.13. The van der Waals surface area contributed by atoms with Crippen LogP contribution in [0.3, 0.4) is 0 Å². The summed E-state index contributed by atoms with van der Waals surface area (Å²) in [4.78, 5) is 25.5. The molecule has 0 aliphatic heterocycles. The summed E-state index contributed by atoms with van der Waals surface area (Å²) in [6, 6.07) is 3.03. The van der Waals surface area contributed by atoms with E-state index in [2.05, 4.69) is 16.7 Å². The molecule has 0 aliphatic rings. The molecule has 2 rings (SSSR count). The predicted octanol–water partition coefficient (Wildman–Crippen LogP) is 0.400. The fourth-order valence-electron chi connectivity index (χ4n) is 1.86. The second-order valence-electron chi connectivity index (χ2n) is 4.33. The number of carbonyl (C=O) groups is 1. The molecule has 22 heavy (non-hydrogen) atoms. The highest BCUT2D eigenvalue weighted by Gasteiger charge is 2.10. The first-order chi connectivity index (χ1) is 10.5. The number of hydrogen-bond acceptors (Lipinski definition) is 5. The minimum atomic E-state index is -0.880. The molecule has 8 heteroatoms. The van der Waals surface area contributed by atoms with Gasteiger partial charge in [0.2, 0.25) is 0 Å². The van der Waals surface area contributed by atoms with Gasteiger partial charge in [-0.15, -0.1) is 4.91 Å². The Balaban J connectivity index is 2.61. The molecule has 0 fully saturated rings. The van der Waals surface area contributed by atoms with Crippen LogP contribution in [0.5, 0.6) is 0 Å². The Hall–Kier alpha value is -2.93. The van der Waals surface area contributed by atoms with Crippen molar-refractivity contribution in [3.63, 3.8) is 0 Å². The van der Waals surface area contributed by atoms with Crippen LogP contribution in [0, 0.1) is 4.91 Å². The SMILES string of the molecule is C=c1/c(=C\C(Cl)=C/N)c(-c2ccc(C(=O)N=O)cn2)cn1N. The molecule has 0 aliphatic carbocycles. The van der Waals surface area contributed by atoms with Crippen molar-refractivity contribution >= 4 is 30.2 Å². The second kappa shape index (κ2) is 6.23. The third kappa shape index (κ3) is 2.89. The molecule has 0 spiro atoms. The van der Waals surface area contributed by atoms with Crippen molar-refractivity contribution in [3.05, 3.63) is 56.8 Å². The first-order valence-electron chi connectivity index (χ1n) is 6.06. The average molecular weight is 318 g/mol. The van der Waals surface area contributed by atoms with Gasteiger partial charge >= 0.3 is 5.91 Å². The van der Waals surface area contributed by atoms with Crippen molar-refractivity contribution < 1.29 is 4.79 Å². The highest BCUT2D eigenvalue weighted by molar-refractivity contribution is 6.33. The van der Waals surface area contributed by atoms with E-state index in [1.807, 2.05) is 0 Å². The van der Waals surface area contributed by atoms with E-state index in [0.717, 1.165) is 0 Å². The molecule has 2 aromatic rings. The molecular formula is C14H12ClN5O2. The maximum Gasteiger partial charge on any atom is 0.318 e. The number of pyridine rings is 1. The standard InChI is InChI=1S/C14H12ClN5O2/c1-8-11(4-10(15)5-16)12(7-20(8)17)13-3-2-9(6-18-13)14(21)19-22/h2-7H,1,16-17H2/b10-5+,11-4+. The zero-order valence-electron chi connectivity index (χ0n) is 11.4. The van der Waals surface area contributed by atoms with Gasteiger partial charge in [-0.3, -0.25) is 14.5 Å². The van der Waals surface area contributed by atoms with E-state index >= 15 is 0 Å². The number of nitrogens with two attached hydrogens (primary N) is 2. The summed E-state index contributed by atoms with van der Waals surface area (Å²) in [5.74, 6) is 4.92. The lowest BCUT2D eigenvalue weighted by Gasteiger charge is -1.98. The second-order valence-corrected chi connectivity index (χ2v) is 4.77. The number of nitroso groups, excluding NO2 is 1. The van der Waals surface area contributed by atoms with Crippen molar-refractivity contribution in [3.8, 4) is 11.3 Å². The van der Waals surface area contributed by atoms with E-state index in [1.165, 1.54) is 23.1 Å². The Morgan fingerprint density at radius 2 is 2.18 bits per heavy atom. The molecule has 2 heterocycles. The fraction of sp³-hybridized carbons (Fsp3) is 0. The number of aromatic nitrogens is 2. The lowest BCUT2D eigenvalue weighted by molar-refractivity contribution is 0.100. The molecule has 7 nitrogen and oxygen atoms in total. The number of nitrogens with zero attached hydrogens (tertiary/aromatic N) is 3. The third-order valence-electron chi connectivity index (χ3n) is 2.99. The average Bonchev–Trinajstić information content (AvgIpc) is 2.82. The summed E-state index contributed by atoms with van der Waals surface area (Å²) >= 11 is 5.92. The van der Waals surface area contributed by atoms with Crippen molar-refractivity contribution in [1.82, 2.24) is 9.66 Å². The molecule has 0 radical (unpaired) electrons. The molecule has 2 aromatic heterocycles. The van der Waals surface area contributed by atoms with Gasteiger partial charge in [-0.25, -0.2) is 0 Å². The van der Waals surface area contributed by atoms with E-state index in [9.17, 15) is 9.70 Å². The van der Waals surface area contributed by atoms with Gasteiger partial charge in [0.05, 0.1) is 21.6 Å². The molecule has 0 saturated heterocycles. The molecule has 0 unspecified atom stereocenters. The zero-order chi connectivity index (χ0) is 16.3. The van der Waals surface area contributed by atoms with Crippen molar-refractivity contribution in [1.29, 1.82) is 0 Å². The smallest absolute Gasteiger partial charge is 0.318 e. The minimum absolute atomic E-state index is 0.103. The van der Waals surface area contributed by atoms with Crippen LogP contribution >= 0.6 is 11.6 Å². The van der Waals surface area contributed by atoms with Crippen molar-refractivity contribution in [2.45, 2.75) is 0 Å². The third-order valence-corrected chi connectivity index (χ3v) is 3.23. The molecule has 4 N–H and O–H groups in total. The van der Waals surface area contributed by atoms with E-state index in [-0.39, 0.29) is 5.56 Å². The van der Waals surface area contributed by atoms with E-state index in [0.29, 0.717) is 26.9 Å². The topological polar surface area (TPSA) is 116 Å². The van der Waals surface area contributed by atoms with Crippen LogP contribution in [0.25, 0.3) is 23.9 Å². The Kier molecular flexibility index (Phi) is 4.38. The number of rotatable bonds is 3. The van der Waals surface area contributed by atoms with Gasteiger partial charge < -0.3 is 11.6 Å². The number of hydrogen-bond donors (Lipinski definition) is 2. The van der Waals surface area contributed by atoms with Crippen LogP contribution in [0.4, 0.5) is 0 Å². The van der Waals surface area contributed by atoms with E-state index in [4.69, 9.17) is 23.2 Å². The van der Waals surface area contributed by atoms with Crippen molar-refractivity contribution in [2.24, 2.45) is 10.9 Å². The van der Waals surface area contributed by atoms with Gasteiger partial charge in [0.15, 0.2) is 0 Å². The van der Waals surface area contributed by atoms with Gasteiger partial charge in [-0.1, -0.05) is 18.2 Å². The lowest BCUT2D eigenvalue weighted by Crippen LogP contribution is -2.32. The Morgan fingerprint density at radius 3 is 2.73 bits per heavy atom. The number of amides is 1. The zero-order valence-corrected chi connectivity index (χ0v) is 12.1. The summed E-state index contributed by atoms with van der Waals surface area (Å²) in [6.45, 7) is 3.85. The summed E-state index contributed by atoms with van der Waals surface area (Å²) in [6.07, 6.45) is 5.73. The monoisotopic (exact) mass is 317 g/mol. The maximum absolute atomic E-state index is 11.2. The number of allylic oxidation sites excluding steroid dienone is 1. The molecular weight excluding hydrogens is 306 g/mol. The van der Waals surface area contributed by atoms with Crippen LogP contribution in [0.15, 0.2) is 40.9 Å². The summed E-state index contributed by atoms with van der Waals surface area (Å²) in [5.41, 5.74) is 6.65. The van der Waals surface area contributed by atoms with Gasteiger partial charge in [0.1, 0.15) is 0 Å². The fourth-order valence-corrected chi connectivity index (χ4v) is 1.97. The normalized spacial score (nSPS) is 12.4. The Bertz CT molecular complexity index is 868. The molecule has 1 amide bonds. The molecule has 0 aromatic carbocycles. The number of carbonyl (C=O) groups excluding carboxylic acids is 1. The summed E-state index contributed by atoms with van der Waals surface area (Å²) in [7, 11) is 0. The molecule has 0 atom stereocenters. The Labute approximate surface area is 130 Å². The van der Waals surface area contributed by atoms with Crippen LogP contribution in [0.1, 0.15) is 10.4 Å². The molecule has 0 bridgehead atoms. The largest absolute Gasteiger partial charge is 0.403 e. The predicted molar refractivity (Wildman–Crippen MR) is 85.3 cm³/mol. The lowest BCUT2D eigenvalue weighted by atomic mass is 10.1. The number of halogens is 1. The first-order valence-corrected chi connectivity index (χ1v) is 6.44. The molecule has 112 valence electrons. The number of nitrogen functional groups attached to an aromatic ring is 1. The van der Waals surface area contributed by atoms with E-state index < -0.39 is 5.91 Å². The minimum Gasteiger partial charge on any atom is -0.403 e. The Morgan fingerprint density at radius 1 is 1.45 bits per heavy atom.